The highest BCUT2D eigenvalue weighted by atomic mass is 16.5. The van der Waals surface area contributed by atoms with Gasteiger partial charge in [0.25, 0.3) is 0 Å². The fourth-order valence-corrected chi connectivity index (χ4v) is 3.02. The summed E-state index contributed by atoms with van der Waals surface area (Å²) in [5.74, 6) is 1.62. The number of nitrogens with zero attached hydrogens (tertiary/aromatic N) is 4. The van der Waals surface area contributed by atoms with Gasteiger partial charge in [0.05, 0.1) is 7.11 Å². The number of likely N-dealkylation sites (tertiary alicyclic amines) is 1. The van der Waals surface area contributed by atoms with E-state index in [4.69, 9.17) is 9.26 Å². The van der Waals surface area contributed by atoms with Crippen molar-refractivity contribution in [2.24, 2.45) is 0 Å². The molecule has 3 rings (SSSR count). The quantitative estimate of drug-likeness (QED) is 0.803. The molecule has 1 aliphatic rings. The van der Waals surface area contributed by atoms with E-state index in [1.807, 2.05) is 31.2 Å². The highest BCUT2D eigenvalue weighted by molar-refractivity contribution is 5.74. The second-order valence-electron chi connectivity index (χ2n) is 6.83. The first-order chi connectivity index (χ1) is 13.1. The highest BCUT2D eigenvalue weighted by Gasteiger charge is 2.20. The van der Waals surface area contributed by atoms with E-state index in [1.54, 1.807) is 19.1 Å². The van der Waals surface area contributed by atoms with Gasteiger partial charge < -0.3 is 24.4 Å². The molecule has 1 aromatic carbocycles. The minimum Gasteiger partial charge on any atom is -0.497 e. The van der Waals surface area contributed by atoms with Gasteiger partial charge in [-0.05, 0) is 57.1 Å². The molecule has 0 aliphatic carbocycles. The first kappa shape index (κ1) is 19.2. The van der Waals surface area contributed by atoms with Crippen molar-refractivity contribution < 1.29 is 14.1 Å². The zero-order chi connectivity index (χ0) is 19.2. The van der Waals surface area contributed by atoms with Crippen LogP contribution in [-0.4, -0.2) is 66.3 Å². The molecule has 0 unspecified atom stereocenters. The SMILES string of the molecule is COc1ccc(-c2noc([C@H](C)NC(=O)N(C)CCN3CCCC3)n2)cc1. The number of hydrogen-bond acceptors (Lipinski definition) is 6. The third-order valence-electron chi connectivity index (χ3n) is 4.80. The molecule has 0 bridgehead atoms. The van der Waals surface area contributed by atoms with Crippen LogP contribution in [0.1, 0.15) is 31.7 Å². The number of rotatable bonds is 7. The summed E-state index contributed by atoms with van der Waals surface area (Å²) < 4.78 is 10.5. The molecule has 0 saturated carbocycles. The van der Waals surface area contributed by atoms with Gasteiger partial charge >= 0.3 is 6.03 Å². The van der Waals surface area contributed by atoms with Crippen LogP contribution < -0.4 is 10.1 Å². The molecule has 8 heteroatoms. The Morgan fingerprint density at radius 3 is 2.70 bits per heavy atom. The molecule has 146 valence electrons. The summed E-state index contributed by atoms with van der Waals surface area (Å²) in [5, 5.41) is 6.91. The largest absolute Gasteiger partial charge is 0.497 e. The van der Waals surface area contributed by atoms with E-state index >= 15 is 0 Å². The second kappa shape index (κ2) is 8.85. The smallest absolute Gasteiger partial charge is 0.317 e. The van der Waals surface area contributed by atoms with Gasteiger partial charge in [0, 0.05) is 25.7 Å². The molecule has 0 spiro atoms. The predicted molar refractivity (Wildman–Crippen MR) is 102 cm³/mol. The molecule has 2 heterocycles. The number of aromatic nitrogens is 2. The zero-order valence-electron chi connectivity index (χ0n) is 16.1. The van der Waals surface area contributed by atoms with Gasteiger partial charge in [0.15, 0.2) is 0 Å². The van der Waals surface area contributed by atoms with Crippen LogP contribution >= 0.6 is 0 Å². The Labute approximate surface area is 159 Å². The van der Waals surface area contributed by atoms with Gasteiger partial charge in [-0.25, -0.2) is 4.79 Å². The summed E-state index contributed by atoms with van der Waals surface area (Å²) in [6.45, 7) is 5.68. The second-order valence-corrected chi connectivity index (χ2v) is 6.83. The van der Waals surface area contributed by atoms with Gasteiger partial charge in [0.2, 0.25) is 11.7 Å². The van der Waals surface area contributed by atoms with E-state index in [0.29, 0.717) is 18.3 Å². The van der Waals surface area contributed by atoms with E-state index in [-0.39, 0.29) is 12.1 Å². The van der Waals surface area contributed by atoms with Gasteiger partial charge in [-0.2, -0.15) is 4.98 Å². The molecule has 27 heavy (non-hydrogen) atoms. The summed E-state index contributed by atoms with van der Waals surface area (Å²) in [6.07, 6.45) is 2.50. The standard InChI is InChI=1S/C19H27N5O3/c1-14(20-19(25)23(2)12-13-24-10-4-5-11-24)18-21-17(22-27-18)15-6-8-16(26-3)9-7-15/h6-9,14H,4-5,10-13H2,1-3H3,(H,20,25)/t14-/m0/s1. The van der Waals surface area contributed by atoms with Crippen molar-refractivity contribution in [3.8, 4) is 17.1 Å². The summed E-state index contributed by atoms with van der Waals surface area (Å²) >= 11 is 0. The minimum absolute atomic E-state index is 0.147. The van der Waals surface area contributed by atoms with E-state index in [2.05, 4.69) is 20.4 Å². The Kier molecular flexibility index (Phi) is 6.28. The molecule has 1 fully saturated rings. The molecular weight excluding hydrogens is 346 g/mol. The van der Waals surface area contributed by atoms with Crippen LogP contribution in [0.15, 0.2) is 28.8 Å². The fourth-order valence-electron chi connectivity index (χ4n) is 3.02. The van der Waals surface area contributed by atoms with Crippen molar-refractivity contribution in [3.63, 3.8) is 0 Å². The first-order valence-corrected chi connectivity index (χ1v) is 9.29. The monoisotopic (exact) mass is 373 g/mol. The molecule has 1 aliphatic heterocycles. The van der Waals surface area contributed by atoms with Crippen molar-refractivity contribution in [3.05, 3.63) is 30.2 Å². The Morgan fingerprint density at radius 1 is 1.33 bits per heavy atom. The van der Waals surface area contributed by atoms with E-state index < -0.39 is 0 Å². The molecule has 1 atom stereocenters. The Bertz CT molecular complexity index is 740. The number of urea groups is 1. The maximum absolute atomic E-state index is 12.4. The van der Waals surface area contributed by atoms with Crippen LogP contribution in [0.2, 0.25) is 0 Å². The summed E-state index contributed by atoms with van der Waals surface area (Å²) in [7, 11) is 3.42. The maximum Gasteiger partial charge on any atom is 0.317 e. The third-order valence-corrected chi connectivity index (χ3v) is 4.80. The molecular formula is C19H27N5O3. The Hall–Kier alpha value is -2.61. The number of carbonyl (C=O) groups is 1. The van der Waals surface area contributed by atoms with E-state index in [1.165, 1.54) is 12.8 Å². The van der Waals surface area contributed by atoms with Crippen LogP contribution in [0.4, 0.5) is 4.79 Å². The van der Waals surface area contributed by atoms with Gasteiger partial charge in [-0.1, -0.05) is 5.16 Å². The number of methoxy groups -OCH3 is 1. The van der Waals surface area contributed by atoms with Gasteiger partial charge in [-0.15, -0.1) is 0 Å². The van der Waals surface area contributed by atoms with Gasteiger partial charge in [0.1, 0.15) is 11.8 Å². The molecule has 2 aromatic rings. The number of carbonyl (C=O) groups excluding carboxylic acids is 1. The van der Waals surface area contributed by atoms with Crippen molar-refractivity contribution in [1.29, 1.82) is 0 Å². The van der Waals surface area contributed by atoms with Crippen molar-refractivity contribution in [2.75, 3.05) is 40.3 Å². The van der Waals surface area contributed by atoms with Crippen LogP contribution in [0.5, 0.6) is 5.75 Å². The number of hydrogen-bond donors (Lipinski definition) is 1. The summed E-state index contributed by atoms with van der Waals surface area (Å²) in [5.41, 5.74) is 0.826. The lowest BCUT2D eigenvalue weighted by molar-refractivity contribution is 0.194. The number of amides is 2. The molecule has 1 saturated heterocycles. The molecule has 1 N–H and O–H groups in total. The van der Waals surface area contributed by atoms with Crippen molar-refractivity contribution in [2.45, 2.75) is 25.8 Å². The Morgan fingerprint density at radius 2 is 2.04 bits per heavy atom. The molecule has 8 nitrogen and oxygen atoms in total. The van der Waals surface area contributed by atoms with E-state index in [9.17, 15) is 4.79 Å². The lowest BCUT2D eigenvalue weighted by Crippen LogP contribution is -2.42. The molecule has 1 aromatic heterocycles. The van der Waals surface area contributed by atoms with Crippen LogP contribution in [0, 0.1) is 0 Å². The average molecular weight is 373 g/mol. The molecule has 0 radical (unpaired) electrons. The lowest BCUT2D eigenvalue weighted by atomic mass is 10.2. The number of likely N-dealkylation sites (N-methyl/N-ethyl adjacent to an activating group) is 1. The number of benzene rings is 1. The summed E-state index contributed by atoms with van der Waals surface area (Å²) in [6, 6.07) is 6.89. The first-order valence-electron chi connectivity index (χ1n) is 9.29. The lowest BCUT2D eigenvalue weighted by Gasteiger charge is -2.22. The molecule has 2 amide bonds. The number of ether oxygens (including phenoxy) is 1. The predicted octanol–water partition coefficient (Wildman–Crippen LogP) is 2.54. The van der Waals surface area contributed by atoms with E-state index in [0.717, 1.165) is 30.9 Å². The zero-order valence-corrected chi connectivity index (χ0v) is 16.1. The highest BCUT2D eigenvalue weighted by Crippen LogP contribution is 2.21. The van der Waals surface area contributed by atoms with Crippen molar-refractivity contribution in [1.82, 2.24) is 25.3 Å². The van der Waals surface area contributed by atoms with Crippen LogP contribution in [0.3, 0.4) is 0 Å². The fraction of sp³-hybridized carbons (Fsp3) is 0.526. The normalized spacial score (nSPS) is 15.5. The topological polar surface area (TPSA) is 83.7 Å². The maximum atomic E-state index is 12.4. The van der Waals surface area contributed by atoms with Crippen LogP contribution in [0.25, 0.3) is 11.4 Å². The minimum atomic E-state index is -0.369. The van der Waals surface area contributed by atoms with Crippen molar-refractivity contribution >= 4 is 6.03 Å². The van der Waals surface area contributed by atoms with Crippen LogP contribution in [-0.2, 0) is 0 Å². The van der Waals surface area contributed by atoms with Gasteiger partial charge in [-0.3, -0.25) is 0 Å². The average Bonchev–Trinajstić information content (AvgIpc) is 3.38. The number of nitrogens with one attached hydrogen (secondary N) is 1. The summed E-state index contributed by atoms with van der Waals surface area (Å²) in [4.78, 5) is 20.8. The third kappa shape index (κ3) is 4.97. The Balaban J connectivity index is 1.53.